The maximum Gasteiger partial charge on any atom is 0.294 e. The van der Waals surface area contributed by atoms with Gasteiger partial charge in [-0.25, -0.2) is 25.3 Å². The highest BCUT2D eigenvalue weighted by Gasteiger charge is 2.45. The molecule has 1 atom stereocenters. The van der Waals surface area contributed by atoms with Crippen molar-refractivity contribution in [3.8, 4) is 0 Å². The Balaban J connectivity index is 1.61. The van der Waals surface area contributed by atoms with Gasteiger partial charge in [-0.05, 0) is 94.4 Å². The van der Waals surface area contributed by atoms with Gasteiger partial charge < -0.3 is 28.6 Å². The van der Waals surface area contributed by atoms with E-state index in [1.165, 1.54) is 18.2 Å². The summed E-state index contributed by atoms with van der Waals surface area (Å²) in [5, 5.41) is 3.34. The highest BCUT2D eigenvalue weighted by Crippen LogP contribution is 2.48. The van der Waals surface area contributed by atoms with Gasteiger partial charge in [-0.2, -0.15) is 4.58 Å². The van der Waals surface area contributed by atoms with Gasteiger partial charge in [-0.3, -0.25) is 4.79 Å². The maximum absolute atomic E-state index is 12.0. The normalized spacial score (nSPS) is 20.1. The van der Waals surface area contributed by atoms with Crippen LogP contribution in [0, 0.1) is 6.92 Å². The molecule has 1 unspecified atom stereocenters. The number of anilines is 1. The zero-order valence-electron chi connectivity index (χ0n) is 32.9. The summed E-state index contributed by atoms with van der Waals surface area (Å²) in [7, 11) is -13.7. The van der Waals surface area contributed by atoms with E-state index in [-0.39, 0.29) is 19.4 Å². The summed E-state index contributed by atoms with van der Waals surface area (Å²) >= 11 is 0. The lowest BCUT2D eigenvalue weighted by atomic mass is 9.81. The van der Waals surface area contributed by atoms with E-state index in [4.69, 9.17) is 4.74 Å². The van der Waals surface area contributed by atoms with E-state index < -0.39 is 63.8 Å². The average Bonchev–Trinajstić information content (AvgIpc) is 3.43. The molecule has 2 heterocycles. The monoisotopic (exact) mass is 843 g/mol. The minimum absolute atomic E-state index is 0.00140. The second-order valence-electron chi connectivity index (χ2n) is 15.7. The Morgan fingerprint density at radius 1 is 0.877 bits per heavy atom. The first-order valence-electron chi connectivity index (χ1n) is 18.6. The van der Waals surface area contributed by atoms with Crippen LogP contribution in [0.3, 0.4) is 0 Å². The van der Waals surface area contributed by atoms with Crippen molar-refractivity contribution in [3.05, 3.63) is 99.9 Å². The van der Waals surface area contributed by atoms with E-state index in [0.717, 1.165) is 45.8 Å². The average molecular weight is 844 g/mol. The summed E-state index contributed by atoms with van der Waals surface area (Å²) in [5.41, 5.74) is 6.96. The number of fused-ring (bicyclic) bond motifs is 2. The quantitative estimate of drug-likeness (QED) is 0.104. The lowest BCUT2D eigenvalue weighted by molar-refractivity contribution is -0.437. The molecule has 57 heavy (non-hydrogen) atoms. The number of nitrogens with zero attached hydrogens (tertiary/aromatic N) is 2. The number of carbonyl (C=O) groups is 1. The Bertz CT molecular complexity index is 2430. The molecule has 0 spiro atoms. The number of hydrogen-bond acceptors (Lipinski definition) is 13. The molecule has 0 aromatic heterocycles. The first kappa shape index (κ1) is 44.0. The molecule has 14 nitrogen and oxygen atoms in total. The van der Waals surface area contributed by atoms with Gasteiger partial charge in [0.2, 0.25) is 5.69 Å². The number of hydrogen-bond donors (Lipinski definition) is 1. The predicted molar refractivity (Wildman–Crippen MR) is 213 cm³/mol. The summed E-state index contributed by atoms with van der Waals surface area (Å²) in [6, 6.07) is 10.2. The standard InChI is InChI=1S/C40H51N3O11S3/c1-27-12-16-34-32(24-27)39(3,4)36(42(34)20-8-22-55(45,46)47)18-13-29-10-7-11-30(38(29)41-28(2)54-26-44)14-19-37-40(5,6)33-25-31(57(51,52)53)15-17-35(33)43(37)21-9-23-56(48,49)50/h12-19,24-26,28H,7-11,20-23H2,1-6H3,(H3,45,46,47,48,49,50,51,52,53)/p-2/b29-13+,36-18-. The second-order valence-corrected chi connectivity index (χ2v) is 20.1. The van der Waals surface area contributed by atoms with Gasteiger partial charge in [0.05, 0.1) is 30.5 Å². The van der Waals surface area contributed by atoms with Gasteiger partial charge in [0, 0.05) is 64.7 Å². The summed E-state index contributed by atoms with van der Waals surface area (Å²) in [5.74, 6) is -1.09. The minimum atomic E-state index is -4.78. The molecule has 2 aromatic rings. The van der Waals surface area contributed by atoms with Crippen LogP contribution in [0.2, 0.25) is 0 Å². The second kappa shape index (κ2) is 16.6. The lowest BCUT2D eigenvalue weighted by Gasteiger charge is -2.28. The number of aryl methyl sites for hydroxylation is 1. The molecule has 0 radical (unpaired) electrons. The maximum atomic E-state index is 12.0. The van der Waals surface area contributed by atoms with Crippen LogP contribution in [0.4, 0.5) is 11.4 Å². The van der Waals surface area contributed by atoms with Gasteiger partial charge in [0.1, 0.15) is 16.7 Å². The highest BCUT2D eigenvalue weighted by molar-refractivity contribution is 7.86. The third-order valence-corrected chi connectivity index (χ3v) is 13.2. The summed E-state index contributed by atoms with van der Waals surface area (Å²) < 4.78 is 112. The molecule has 1 N–H and O–H groups in total. The molecule has 0 bridgehead atoms. The van der Waals surface area contributed by atoms with Crippen molar-refractivity contribution in [1.29, 1.82) is 0 Å². The number of rotatable bonds is 16. The molecular formula is C40H49N3O11S3-2. The van der Waals surface area contributed by atoms with Crippen LogP contribution in [0.1, 0.15) is 83.4 Å². The largest absolute Gasteiger partial charge is 0.748 e. The van der Waals surface area contributed by atoms with Gasteiger partial charge >= 0.3 is 0 Å². The van der Waals surface area contributed by atoms with Crippen molar-refractivity contribution in [2.24, 2.45) is 0 Å². The number of allylic oxidation sites excluding steroid dienone is 7. The van der Waals surface area contributed by atoms with E-state index in [2.05, 4.69) is 30.1 Å². The SMILES string of the molecule is Cc1ccc2c(c1)C(C)(C)/C(=C/C=C1\CCCC(/C=C/C3=[N+](CCCS(=O)(=O)[O-])c4ccc(S(=O)(=O)[O-])cc4C3(C)C)=C1NC(C)OC=O)N2CCCS(=O)(=O)[O-]. The van der Waals surface area contributed by atoms with Crippen molar-refractivity contribution in [3.63, 3.8) is 0 Å². The first-order valence-corrected chi connectivity index (χ1v) is 23.2. The third-order valence-electron chi connectivity index (χ3n) is 10.8. The Morgan fingerprint density at radius 3 is 2.21 bits per heavy atom. The van der Waals surface area contributed by atoms with Crippen molar-refractivity contribution >= 4 is 53.9 Å². The molecule has 17 heteroatoms. The molecular weight excluding hydrogens is 795 g/mol. The van der Waals surface area contributed by atoms with Crippen LogP contribution < -0.4 is 10.2 Å². The fraction of sp³-hybridized carbons (Fsp3) is 0.450. The Labute approximate surface area is 336 Å². The molecule has 310 valence electrons. The molecule has 2 aliphatic heterocycles. The van der Waals surface area contributed by atoms with Crippen molar-refractivity contribution in [2.45, 2.75) is 95.6 Å². The lowest BCUT2D eigenvalue weighted by Crippen LogP contribution is -2.31. The number of carbonyl (C=O) groups excluding carboxylic acids is 1. The van der Waals surface area contributed by atoms with Gasteiger partial charge in [0.15, 0.2) is 11.9 Å². The van der Waals surface area contributed by atoms with E-state index in [0.29, 0.717) is 42.8 Å². The van der Waals surface area contributed by atoms with E-state index in [1.807, 2.05) is 61.8 Å². The van der Waals surface area contributed by atoms with E-state index in [1.54, 1.807) is 6.92 Å². The van der Waals surface area contributed by atoms with Crippen LogP contribution in [-0.4, -0.2) is 86.5 Å². The summed E-state index contributed by atoms with van der Waals surface area (Å²) in [4.78, 5) is 13.0. The van der Waals surface area contributed by atoms with Gasteiger partial charge in [-0.1, -0.05) is 43.7 Å². The van der Waals surface area contributed by atoms with Crippen LogP contribution in [0.25, 0.3) is 0 Å². The smallest absolute Gasteiger partial charge is 0.294 e. The van der Waals surface area contributed by atoms with E-state index >= 15 is 0 Å². The Hall–Kier alpha value is -4.13. The molecule has 3 aliphatic rings. The third kappa shape index (κ3) is 10.1. The number of nitrogens with one attached hydrogen (secondary N) is 1. The molecule has 0 amide bonds. The molecule has 2 aromatic carbocycles. The van der Waals surface area contributed by atoms with Crippen molar-refractivity contribution < 1.29 is 53.0 Å². The zero-order chi connectivity index (χ0) is 42.1. The molecule has 5 rings (SSSR count). The number of benzene rings is 2. The summed E-state index contributed by atoms with van der Waals surface area (Å²) in [6.07, 6.45) is 9.26. The fourth-order valence-corrected chi connectivity index (χ4v) is 9.47. The van der Waals surface area contributed by atoms with Crippen LogP contribution >= 0.6 is 0 Å². The van der Waals surface area contributed by atoms with Gasteiger partial charge in [0.25, 0.3) is 6.47 Å². The van der Waals surface area contributed by atoms with Crippen molar-refractivity contribution in [2.75, 3.05) is 29.5 Å². The first-order chi connectivity index (χ1) is 26.4. The minimum Gasteiger partial charge on any atom is -0.748 e. The fourth-order valence-electron chi connectivity index (χ4n) is 8.00. The molecule has 0 saturated heterocycles. The summed E-state index contributed by atoms with van der Waals surface area (Å²) in [6.45, 7) is 12.4. The molecule has 0 fully saturated rings. The Kier molecular flexibility index (Phi) is 12.8. The van der Waals surface area contributed by atoms with Crippen LogP contribution in [0.5, 0.6) is 0 Å². The van der Waals surface area contributed by atoms with Crippen LogP contribution in [-0.2, 0) is 50.7 Å². The van der Waals surface area contributed by atoms with E-state index in [9.17, 15) is 43.7 Å². The molecule has 1 aliphatic carbocycles. The van der Waals surface area contributed by atoms with Crippen molar-refractivity contribution in [1.82, 2.24) is 5.32 Å². The predicted octanol–water partition coefficient (Wildman–Crippen LogP) is 4.86. The van der Waals surface area contributed by atoms with Crippen LogP contribution in [0.15, 0.2) is 88.1 Å². The van der Waals surface area contributed by atoms with Gasteiger partial charge in [-0.15, -0.1) is 0 Å². The number of ether oxygens (including phenoxy) is 1. The highest BCUT2D eigenvalue weighted by atomic mass is 32.2. The topological polar surface area (TPSA) is 216 Å². The molecule has 0 saturated carbocycles. The zero-order valence-corrected chi connectivity index (χ0v) is 35.4. The Morgan fingerprint density at radius 2 is 1.56 bits per heavy atom.